The van der Waals surface area contributed by atoms with Crippen LogP contribution in [0.5, 0.6) is 0 Å². The van der Waals surface area contributed by atoms with Crippen LogP contribution in [0.1, 0.15) is 40.5 Å². The summed E-state index contributed by atoms with van der Waals surface area (Å²) in [5, 5.41) is 0.753. The van der Waals surface area contributed by atoms with Gasteiger partial charge in [0.05, 0.1) is 0 Å². The molecule has 0 aromatic rings. The largest absolute Gasteiger partial charge is 0.271 e. The Morgan fingerprint density at radius 2 is 1.92 bits per heavy atom. The Hall–Kier alpha value is 0.270. The molecule has 0 aliphatic heterocycles. The lowest BCUT2D eigenvalue weighted by atomic mass is 10.1. The van der Waals surface area contributed by atoms with Gasteiger partial charge in [0, 0.05) is 17.0 Å². The third-order valence-corrected chi connectivity index (χ3v) is 3.65. The minimum absolute atomic E-state index is 0.471. The van der Waals surface area contributed by atoms with E-state index < -0.39 is 0 Å². The molecule has 0 radical (unpaired) electrons. The molecule has 0 aliphatic rings. The molecule has 3 heteroatoms. The number of nitrogens with one attached hydrogen (secondary N) is 1. The van der Waals surface area contributed by atoms with Gasteiger partial charge in [-0.05, 0) is 18.8 Å². The zero-order valence-corrected chi connectivity index (χ0v) is 10.2. The summed E-state index contributed by atoms with van der Waals surface area (Å²) in [4.78, 5) is 0. The second kappa shape index (κ2) is 7.65. The fourth-order valence-corrected chi connectivity index (χ4v) is 2.18. The number of rotatable bonds is 7. The molecule has 2 nitrogen and oxygen atoms in total. The van der Waals surface area contributed by atoms with E-state index in [1.165, 1.54) is 12.8 Å². The average Bonchev–Trinajstić information content (AvgIpc) is 2.10. The first kappa shape index (κ1) is 13.3. The van der Waals surface area contributed by atoms with Crippen LogP contribution in [0, 0.1) is 5.92 Å². The standard InChI is InChI=1S/C10H24N2S/c1-5-9(4)13-7-10(12-11)6-8(2)3/h8-10,12H,5-7,11H2,1-4H3. The molecule has 80 valence electrons. The summed E-state index contributed by atoms with van der Waals surface area (Å²) in [6.45, 7) is 8.97. The Labute approximate surface area is 87.0 Å². The predicted octanol–water partition coefficient (Wildman–Crippen LogP) is 2.40. The molecular weight excluding hydrogens is 180 g/mol. The first-order chi connectivity index (χ1) is 6.10. The van der Waals surface area contributed by atoms with Gasteiger partial charge in [-0.15, -0.1) is 0 Å². The molecule has 0 amide bonds. The number of hydrogen-bond donors (Lipinski definition) is 2. The van der Waals surface area contributed by atoms with Crippen molar-refractivity contribution < 1.29 is 0 Å². The van der Waals surface area contributed by atoms with Gasteiger partial charge in [-0.1, -0.05) is 27.7 Å². The summed E-state index contributed by atoms with van der Waals surface area (Å²) in [6.07, 6.45) is 2.41. The van der Waals surface area contributed by atoms with Gasteiger partial charge in [0.2, 0.25) is 0 Å². The van der Waals surface area contributed by atoms with E-state index in [4.69, 9.17) is 5.84 Å². The van der Waals surface area contributed by atoms with Crippen LogP contribution in [0.3, 0.4) is 0 Å². The van der Waals surface area contributed by atoms with Crippen molar-refractivity contribution in [2.45, 2.75) is 51.8 Å². The topological polar surface area (TPSA) is 38.0 Å². The van der Waals surface area contributed by atoms with Gasteiger partial charge < -0.3 is 0 Å². The Morgan fingerprint density at radius 1 is 1.31 bits per heavy atom. The van der Waals surface area contributed by atoms with Gasteiger partial charge in [-0.25, -0.2) is 0 Å². The lowest BCUT2D eigenvalue weighted by Crippen LogP contribution is -2.38. The number of hydrogen-bond acceptors (Lipinski definition) is 3. The van der Waals surface area contributed by atoms with Crippen molar-refractivity contribution in [1.82, 2.24) is 5.43 Å². The quantitative estimate of drug-likeness (QED) is 0.494. The lowest BCUT2D eigenvalue weighted by molar-refractivity contribution is 0.455. The zero-order valence-electron chi connectivity index (χ0n) is 9.34. The zero-order chi connectivity index (χ0) is 10.3. The molecule has 13 heavy (non-hydrogen) atoms. The van der Waals surface area contributed by atoms with Crippen molar-refractivity contribution in [3.05, 3.63) is 0 Å². The Morgan fingerprint density at radius 3 is 2.31 bits per heavy atom. The normalized spacial score (nSPS) is 16.2. The van der Waals surface area contributed by atoms with E-state index in [2.05, 4.69) is 33.1 Å². The molecule has 0 saturated heterocycles. The van der Waals surface area contributed by atoms with E-state index in [0.717, 1.165) is 16.9 Å². The fraction of sp³-hybridized carbons (Fsp3) is 1.00. The number of nitrogens with two attached hydrogens (primary N) is 1. The second-order valence-corrected chi connectivity index (χ2v) is 5.52. The van der Waals surface area contributed by atoms with E-state index in [1.54, 1.807) is 0 Å². The molecule has 0 rings (SSSR count). The molecule has 0 fully saturated rings. The average molecular weight is 204 g/mol. The van der Waals surface area contributed by atoms with Crippen molar-refractivity contribution in [2.75, 3.05) is 5.75 Å². The number of thioether (sulfide) groups is 1. The maximum Gasteiger partial charge on any atom is 0.0303 e. The van der Waals surface area contributed by atoms with Crippen molar-refractivity contribution in [3.63, 3.8) is 0 Å². The number of hydrazine groups is 1. The molecule has 3 N–H and O–H groups in total. The molecule has 0 bridgehead atoms. The van der Waals surface area contributed by atoms with Crippen LogP contribution in [0.15, 0.2) is 0 Å². The van der Waals surface area contributed by atoms with E-state index in [0.29, 0.717) is 6.04 Å². The summed E-state index contributed by atoms with van der Waals surface area (Å²) in [7, 11) is 0. The van der Waals surface area contributed by atoms with Crippen molar-refractivity contribution in [1.29, 1.82) is 0 Å². The van der Waals surface area contributed by atoms with Gasteiger partial charge in [0.15, 0.2) is 0 Å². The molecule has 0 heterocycles. The highest BCUT2D eigenvalue weighted by Crippen LogP contribution is 2.17. The van der Waals surface area contributed by atoms with Gasteiger partial charge >= 0.3 is 0 Å². The van der Waals surface area contributed by atoms with Crippen LogP contribution in [0.4, 0.5) is 0 Å². The van der Waals surface area contributed by atoms with E-state index in [-0.39, 0.29) is 0 Å². The van der Waals surface area contributed by atoms with Crippen LogP contribution in [-0.4, -0.2) is 17.0 Å². The van der Waals surface area contributed by atoms with Gasteiger partial charge in [-0.2, -0.15) is 11.8 Å². The molecule has 0 aromatic heterocycles. The Balaban J connectivity index is 3.59. The highest BCUT2D eigenvalue weighted by atomic mass is 32.2. The summed E-state index contributed by atoms with van der Waals surface area (Å²) >= 11 is 2.01. The molecule has 2 atom stereocenters. The molecule has 2 unspecified atom stereocenters. The van der Waals surface area contributed by atoms with Gasteiger partial charge in [-0.3, -0.25) is 11.3 Å². The van der Waals surface area contributed by atoms with Gasteiger partial charge in [0.1, 0.15) is 0 Å². The van der Waals surface area contributed by atoms with Crippen LogP contribution in [0.2, 0.25) is 0 Å². The van der Waals surface area contributed by atoms with Crippen LogP contribution >= 0.6 is 11.8 Å². The van der Waals surface area contributed by atoms with Crippen LogP contribution in [-0.2, 0) is 0 Å². The molecule has 0 aliphatic carbocycles. The first-order valence-corrected chi connectivity index (χ1v) is 6.22. The highest BCUT2D eigenvalue weighted by molar-refractivity contribution is 7.99. The van der Waals surface area contributed by atoms with Crippen molar-refractivity contribution >= 4 is 11.8 Å². The fourth-order valence-electron chi connectivity index (χ4n) is 1.15. The lowest BCUT2D eigenvalue weighted by Gasteiger charge is -2.19. The smallest absolute Gasteiger partial charge is 0.0303 e. The summed E-state index contributed by atoms with van der Waals surface area (Å²) in [6, 6.07) is 0.471. The third-order valence-electron chi connectivity index (χ3n) is 2.15. The van der Waals surface area contributed by atoms with Crippen LogP contribution < -0.4 is 11.3 Å². The van der Waals surface area contributed by atoms with Crippen molar-refractivity contribution in [3.8, 4) is 0 Å². The molecular formula is C10H24N2S. The molecule has 0 aromatic carbocycles. The van der Waals surface area contributed by atoms with Crippen LogP contribution in [0.25, 0.3) is 0 Å². The summed E-state index contributed by atoms with van der Waals surface area (Å²) in [5.41, 5.74) is 2.89. The van der Waals surface area contributed by atoms with E-state index in [9.17, 15) is 0 Å². The predicted molar refractivity (Wildman–Crippen MR) is 62.8 cm³/mol. The summed E-state index contributed by atoms with van der Waals surface area (Å²) in [5.74, 6) is 7.33. The monoisotopic (exact) mass is 204 g/mol. The van der Waals surface area contributed by atoms with E-state index >= 15 is 0 Å². The molecule has 0 spiro atoms. The SMILES string of the molecule is CCC(C)SCC(CC(C)C)NN. The van der Waals surface area contributed by atoms with Crippen molar-refractivity contribution in [2.24, 2.45) is 11.8 Å². The highest BCUT2D eigenvalue weighted by Gasteiger charge is 2.10. The van der Waals surface area contributed by atoms with Gasteiger partial charge in [0.25, 0.3) is 0 Å². The second-order valence-electron chi connectivity index (χ2n) is 4.05. The Bertz CT molecular complexity index is 117. The third kappa shape index (κ3) is 7.35. The first-order valence-electron chi connectivity index (χ1n) is 5.17. The maximum absolute atomic E-state index is 5.49. The van der Waals surface area contributed by atoms with E-state index in [1.807, 2.05) is 11.8 Å². The molecule has 0 saturated carbocycles. The Kier molecular flexibility index (Phi) is 7.81. The maximum atomic E-state index is 5.49. The minimum Gasteiger partial charge on any atom is -0.271 e. The minimum atomic E-state index is 0.471. The summed E-state index contributed by atoms with van der Waals surface area (Å²) < 4.78 is 0.